The summed E-state index contributed by atoms with van der Waals surface area (Å²) in [6.07, 6.45) is 7.19. The number of aliphatic hydroxyl groups is 1. The van der Waals surface area contributed by atoms with Crippen molar-refractivity contribution < 1.29 is 14.7 Å². The third-order valence-corrected chi connectivity index (χ3v) is 6.17. The Labute approximate surface area is 167 Å². The van der Waals surface area contributed by atoms with E-state index in [0.29, 0.717) is 13.0 Å². The van der Waals surface area contributed by atoms with Crippen molar-refractivity contribution in [1.82, 2.24) is 14.9 Å². The number of aryl methyl sites for hydroxylation is 1. The van der Waals surface area contributed by atoms with Gasteiger partial charge in [-0.2, -0.15) is 0 Å². The Morgan fingerprint density at radius 1 is 1.07 bits per heavy atom. The van der Waals surface area contributed by atoms with Crippen LogP contribution in [0.4, 0.5) is 0 Å². The highest BCUT2D eigenvalue weighted by atomic mass is 16.3. The first-order valence-corrected chi connectivity index (χ1v) is 9.65. The van der Waals surface area contributed by atoms with Gasteiger partial charge in [0.2, 0.25) is 11.8 Å². The molecule has 29 heavy (non-hydrogen) atoms. The zero-order valence-corrected chi connectivity index (χ0v) is 15.8. The minimum absolute atomic E-state index is 0.305. The summed E-state index contributed by atoms with van der Waals surface area (Å²) in [6, 6.07) is 5.77. The van der Waals surface area contributed by atoms with Crippen LogP contribution < -0.4 is 5.32 Å². The van der Waals surface area contributed by atoms with E-state index in [9.17, 15) is 14.7 Å². The van der Waals surface area contributed by atoms with Crippen LogP contribution >= 0.6 is 0 Å². The average Bonchev–Trinajstić information content (AvgIpc) is 3.37. The van der Waals surface area contributed by atoms with Crippen LogP contribution in [0.3, 0.4) is 0 Å². The second-order valence-electron chi connectivity index (χ2n) is 7.61. The van der Waals surface area contributed by atoms with Crippen molar-refractivity contribution in [3.63, 3.8) is 0 Å². The fraction of sp³-hybridized carbons (Fsp3) is 0.217. The van der Waals surface area contributed by atoms with Gasteiger partial charge in [-0.05, 0) is 23.6 Å². The Kier molecular flexibility index (Phi) is 3.86. The number of nitrogens with one attached hydrogen (secondary N) is 2. The molecule has 2 unspecified atom stereocenters. The SMILES string of the molecule is C=Cc1[nH]cc([C@@H]2C(=O)NC(=O)C2c2cn3c4c(cccc24)C(O)CC3)c1C=C. The van der Waals surface area contributed by atoms with Gasteiger partial charge in [0, 0.05) is 41.1 Å². The molecular formula is C23H21N3O3. The molecule has 0 spiro atoms. The molecule has 4 heterocycles. The summed E-state index contributed by atoms with van der Waals surface area (Å²) in [7, 11) is 0. The minimum Gasteiger partial charge on any atom is -0.388 e. The molecule has 3 N–H and O–H groups in total. The van der Waals surface area contributed by atoms with Gasteiger partial charge in [0.1, 0.15) is 0 Å². The van der Waals surface area contributed by atoms with E-state index < -0.39 is 17.9 Å². The number of nitrogens with zero attached hydrogens (tertiary/aromatic N) is 1. The Balaban J connectivity index is 1.72. The summed E-state index contributed by atoms with van der Waals surface area (Å²) in [4.78, 5) is 28.8. The molecule has 5 rings (SSSR count). The fourth-order valence-corrected chi connectivity index (χ4v) is 4.87. The first kappa shape index (κ1) is 17.7. The van der Waals surface area contributed by atoms with Gasteiger partial charge in [-0.25, -0.2) is 0 Å². The fourth-order valence-electron chi connectivity index (χ4n) is 4.87. The van der Waals surface area contributed by atoms with Gasteiger partial charge in [-0.3, -0.25) is 14.9 Å². The second kappa shape index (κ2) is 6.32. The van der Waals surface area contributed by atoms with Crippen LogP contribution in [0.5, 0.6) is 0 Å². The highest BCUT2D eigenvalue weighted by Crippen LogP contribution is 2.45. The smallest absolute Gasteiger partial charge is 0.235 e. The number of benzene rings is 1. The van der Waals surface area contributed by atoms with E-state index in [1.54, 1.807) is 18.3 Å². The molecule has 0 radical (unpaired) electrons. The lowest BCUT2D eigenvalue weighted by atomic mass is 9.82. The number of aliphatic hydroxyl groups excluding tert-OH is 1. The van der Waals surface area contributed by atoms with E-state index in [-0.39, 0.29) is 11.8 Å². The maximum atomic E-state index is 12.9. The number of carbonyl (C=O) groups excluding carboxylic acids is 2. The lowest BCUT2D eigenvalue weighted by molar-refractivity contribution is -0.125. The third-order valence-electron chi connectivity index (χ3n) is 6.17. The Morgan fingerprint density at radius 2 is 1.83 bits per heavy atom. The van der Waals surface area contributed by atoms with E-state index >= 15 is 0 Å². The number of aromatic amines is 1. The average molecular weight is 387 g/mol. The standard InChI is InChI=1S/C23H21N3O3/c1-3-12-15(10-24-17(12)4-2)19-20(23(29)25-22(19)28)16-11-26-9-8-18(27)14-7-5-6-13(16)21(14)26/h3-7,10-11,18-20,24,27H,1-2,8-9H2,(H,25,28,29)/t18?,19-,20?/m0/s1. The Morgan fingerprint density at radius 3 is 2.55 bits per heavy atom. The zero-order valence-electron chi connectivity index (χ0n) is 15.8. The number of H-pyrrole nitrogens is 1. The predicted octanol–water partition coefficient (Wildman–Crippen LogP) is 3.22. The molecule has 2 amide bonds. The van der Waals surface area contributed by atoms with Crippen molar-refractivity contribution in [3.05, 3.63) is 71.7 Å². The molecule has 3 aromatic rings. The van der Waals surface area contributed by atoms with Gasteiger partial charge < -0.3 is 14.7 Å². The second-order valence-corrected chi connectivity index (χ2v) is 7.61. The molecule has 1 saturated heterocycles. The van der Waals surface area contributed by atoms with E-state index in [0.717, 1.165) is 38.9 Å². The minimum atomic E-state index is -0.658. The number of aromatic nitrogens is 2. The molecule has 146 valence electrons. The number of rotatable bonds is 4. The van der Waals surface area contributed by atoms with Gasteiger partial charge in [-0.1, -0.05) is 37.4 Å². The number of hydrogen-bond acceptors (Lipinski definition) is 3. The van der Waals surface area contributed by atoms with Crippen molar-refractivity contribution in [1.29, 1.82) is 0 Å². The van der Waals surface area contributed by atoms with E-state index in [1.165, 1.54) is 0 Å². The first-order valence-electron chi connectivity index (χ1n) is 9.65. The van der Waals surface area contributed by atoms with Gasteiger partial charge in [0.05, 0.1) is 23.5 Å². The molecule has 6 heteroatoms. The molecule has 3 atom stereocenters. The van der Waals surface area contributed by atoms with E-state index in [1.807, 2.05) is 24.4 Å². The summed E-state index contributed by atoms with van der Waals surface area (Å²) in [6.45, 7) is 8.33. The monoisotopic (exact) mass is 387 g/mol. The molecule has 2 aliphatic heterocycles. The number of amides is 2. The molecule has 2 aliphatic rings. The molecule has 0 bridgehead atoms. The van der Waals surface area contributed by atoms with Crippen molar-refractivity contribution in [2.45, 2.75) is 30.9 Å². The van der Waals surface area contributed by atoms with E-state index in [4.69, 9.17) is 0 Å². The molecule has 6 nitrogen and oxygen atoms in total. The lowest BCUT2D eigenvalue weighted by Crippen LogP contribution is -2.21. The molecule has 0 aliphatic carbocycles. The molecule has 1 aromatic carbocycles. The van der Waals surface area contributed by atoms with Gasteiger partial charge in [-0.15, -0.1) is 0 Å². The topological polar surface area (TPSA) is 87.1 Å². The zero-order chi connectivity index (χ0) is 20.3. The van der Waals surface area contributed by atoms with E-state index in [2.05, 4.69) is 28.0 Å². The van der Waals surface area contributed by atoms with Crippen molar-refractivity contribution in [3.8, 4) is 0 Å². The Hall–Kier alpha value is -3.38. The number of carbonyl (C=O) groups is 2. The van der Waals surface area contributed by atoms with Crippen molar-refractivity contribution in [2.75, 3.05) is 0 Å². The summed E-state index contributed by atoms with van der Waals surface area (Å²) in [5.41, 5.74) is 4.90. The summed E-state index contributed by atoms with van der Waals surface area (Å²) < 4.78 is 2.08. The maximum absolute atomic E-state index is 12.9. The summed E-state index contributed by atoms with van der Waals surface area (Å²) >= 11 is 0. The quantitative estimate of drug-likeness (QED) is 0.601. The number of hydrogen-bond donors (Lipinski definition) is 3. The number of imide groups is 1. The van der Waals surface area contributed by atoms with Crippen LogP contribution in [-0.4, -0.2) is 26.5 Å². The highest BCUT2D eigenvalue weighted by molar-refractivity contribution is 6.12. The highest BCUT2D eigenvalue weighted by Gasteiger charge is 2.46. The van der Waals surface area contributed by atoms with Crippen LogP contribution in [0.15, 0.2) is 43.8 Å². The van der Waals surface area contributed by atoms with Crippen LogP contribution in [0.25, 0.3) is 23.1 Å². The molecule has 0 saturated carbocycles. The molecular weight excluding hydrogens is 366 g/mol. The van der Waals surface area contributed by atoms with Crippen LogP contribution in [0.2, 0.25) is 0 Å². The third kappa shape index (κ3) is 2.39. The Bertz CT molecular complexity index is 1200. The normalized spacial score (nSPS) is 23.4. The van der Waals surface area contributed by atoms with Gasteiger partial charge in [0.25, 0.3) is 0 Å². The van der Waals surface area contributed by atoms with Crippen molar-refractivity contribution >= 4 is 34.9 Å². The first-order chi connectivity index (χ1) is 14.0. The largest absolute Gasteiger partial charge is 0.388 e. The summed E-state index contributed by atoms with van der Waals surface area (Å²) in [5, 5.41) is 13.8. The van der Waals surface area contributed by atoms with Crippen LogP contribution in [-0.2, 0) is 16.1 Å². The predicted molar refractivity (Wildman–Crippen MR) is 111 cm³/mol. The van der Waals surface area contributed by atoms with Gasteiger partial charge in [0.15, 0.2) is 0 Å². The number of para-hydroxylation sites is 1. The van der Waals surface area contributed by atoms with Crippen LogP contribution in [0.1, 0.15) is 52.3 Å². The molecule has 1 fully saturated rings. The van der Waals surface area contributed by atoms with Crippen LogP contribution in [0, 0.1) is 0 Å². The molecule has 2 aromatic heterocycles. The maximum Gasteiger partial charge on any atom is 0.235 e. The van der Waals surface area contributed by atoms with Crippen molar-refractivity contribution in [2.24, 2.45) is 0 Å². The summed E-state index contributed by atoms with van der Waals surface area (Å²) in [5.74, 6) is -1.93. The van der Waals surface area contributed by atoms with Gasteiger partial charge >= 0.3 is 0 Å². The lowest BCUT2D eigenvalue weighted by Gasteiger charge is -2.20.